The van der Waals surface area contributed by atoms with Gasteiger partial charge in [0.05, 0.1) is 11.7 Å². The van der Waals surface area contributed by atoms with Gasteiger partial charge in [-0.1, -0.05) is 65.2 Å². The zero-order valence-corrected chi connectivity index (χ0v) is 14.0. The van der Waals surface area contributed by atoms with Gasteiger partial charge in [0, 0.05) is 6.61 Å². The Morgan fingerprint density at radius 2 is 1.85 bits per heavy atom. The third-order valence-electron chi connectivity index (χ3n) is 4.86. The van der Waals surface area contributed by atoms with Crippen LogP contribution in [-0.2, 0) is 4.74 Å². The van der Waals surface area contributed by atoms with Crippen LogP contribution >= 0.6 is 0 Å². The Morgan fingerprint density at radius 1 is 1.15 bits per heavy atom. The van der Waals surface area contributed by atoms with E-state index in [4.69, 9.17) is 4.74 Å². The maximum atomic E-state index is 10.7. The molecule has 20 heavy (non-hydrogen) atoms. The number of rotatable bonds is 10. The van der Waals surface area contributed by atoms with E-state index in [1.165, 1.54) is 44.9 Å². The van der Waals surface area contributed by atoms with Gasteiger partial charge in [0.1, 0.15) is 0 Å². The van der Waals surface area contributed by atoms with Crippen molar-refractivity contribution in [3.8, 4) is 0 Å². The highest BCUT2D eigenvalue weighted by Gasteiger charge is 2.41. The molecule has 0 radical (unpaired) electrons. The average Bonchev–Trinajstić information content (AvgIpc) is 2.42. The number of unbranched alkanes of at least 4 members (excludes halogenated alkanes) is 5. The van der Waals surface area contributed by atoms with E-state index < -0.39 is 0 Å². The van der Waals surface area contributed by atoms with Crippen LogP contribution in [0.4, 0.5) is 0 Å². The van der Waals surface area contributed by atoms with Gasteiger partial charge in [-0.05, 0) is 32.1 Å². The molecule has 0 aromatic heterocycles. The first-order chi connectivity index (χ1) is 9.64. The molecule has 0 spiro atoms. The van der Waals surface area contributed by atoms with E-state index >= 15 is 0 Å². The van der Waals surface area contributed by atoms with Gasteiger partial charge < -0.3 is 9.84 Å². The van der Waals surface area contributed by atoms with Gasteiger partial charge in [-0.2, -0.15) is 0 Å². The van der Waals surface area contributed by atoms with Crippen LogP contribution in [0.15, 0.2) is 0 Å². The third kappa shape index (κ3) is 5.73. The van der Waals surface area contributed by atoms with Gasteiger partial charge in [0.15, 0.2) is 0 Å². The van der Waals surface area contributed by atoms with Crippen molar-refractivity contribution in [2.24, 2.45) is 5.92 Å². The fourth-order valence-corrected chi connectivity index (χ4v) is 3.74. The van der Waals surface area contributed by atoms with Gasteiger partial charge in [-0.15, -0.1) is 0 Å². The molecule has 0 amide bonds. The molecule has 0 saturated heterocycles. The number of hydrogen-bond acceptors (Lipinski definition) is 2. The molecule has 1 rings (SSSR count). The summed E-state index contributed by atoms with van der Waals surface area (Å²) in [5, 5.41) is 10.7. The topological polar surface area (TPSA) is 29.5 Å². The predicted molar refractivity (Wildman–Crippen MR) is 86.0 cm³/mol. The van der Waals surface area contributed by atoms with E-state index in [2.05, 4.69) is 20.8 Å². The second-order valence-electron chi connectivity index (χ2n) is 6.77. The molecular formula is C18H36O2. The van der Waals surface area contributed by atoms with E-state index in [1.807, 2.05) is 0 Å². The van der Waals surface area contributed by atoms with Crippen molar-refractivity contribution in [2.75, 3.05) is 6.61 Å². The Morgan fingerprint density at radius 3 is 2.50 bits per heavy atom. The molecule has 1 aliphatic rings. The molecular weight excluding hydrogens is 248 g/mol. The lowest BCUT2D eigenvalue weighted by molar-refractivity contribution is -0.149. The van der Waals surface area contributed by atoms with E-state index in [0.29, 0.717) is 5.92 Å². The van der Waals surface area contributed by atoms with Gasteiger partial charge in [-0.3, -0.25) is 0 Å². The van der Waals surface area contributed by atoms with Crippen molar-refractivity contribution >= 4 is 0 Å². The van der Waals surface area contributed by atoms with Crippen LogP contribution in [0.5, 0.6) is 0 Å². The zero-order chi connectivity index (χ0) is 14.8. The Balaban J connectivity index is 2.34. The van der Waals surface area contributed by atoms with Crippen molar-refractivity contribution in [2.45, 2.75) is 103 Å². The second-order valence-corrected chi connectivity index (χ2v) is 6.77. The summed E-state index contributed by atoms with van der Waals surface area (Å²) in [5.41, 5.74) is -0.240. The molecule has 120 valence electrons. The Bertz CT molecular complexity index is 238. The summed E-state index contributed by atoms with van der Waals surface area (Å²) >= 11 is 0. The van der Waals surface area contributed by atoms with Crippen molar-refractivity contribution in [3.05, 3.63) is 0 Å². The molecule has 0 heterocycles. The molecule has 0 bridgehead atoms. The third-order valence-corrected chi connectivity index (χ3v) is 4.86. The van der Waals surface area contributed by atoms with Crippen LogP contribution in [0.1, 0.15) is 91.4 Å². The smallest absolute Gasteiger partial charge is 0.0942 e. The summed E-state index contributed by atoms with van der Waals surface area (Å²) in [6, 6.07) is 0. The second kappa shape index (κ2) is 9.78. The van der Waals surface area contributed by atoms with Crippen LogP contribution in [0, 0.1) is 5.92 Å². The Labute approximate surface area is 126 Å². The summed E-state index contributed by atoms with van der Waals surface area (Å²) in [6.45, 7) is 7.32. The van der Waals surface area contributed by atoms with E-state index in [9.17, 15) is 5.11 Å². The summed E-state index contributed by atoms with van der Waals surface area (Å²) in [7, 11) is 0. The fourth-order valence-electron chi connectivity index (χ4n) is 3.74. The molecule has 0 aliphatic heterocycles. The highest BCUT2D eigenvalue weighted by atomic mass is 16.5. The summed E-state index contributed by atoms with van der Waals surface area (Å²) in [6.07, 6.45) is 12.9. The number of aliphatic hydroxyl groups excluding tert-OH is 1. The number of aliphatic hydroxyl groups is 1. The van der Waals surface area contributed by atoms with Gasteiger partial charge in [0.2, 0.25) is 0 Å². The van der Waals surface area contributed by atoms with Gasteiger partial charge in [0.25, 0.3) is 0 Å². The highest BCUT2D eigenvalue weighted by Crippen LogP contribution is 2.39. The van der Waals surface area contributed by atoms with E-state index in [1.54, 1.807) is 0 Å². The maximum absolute atomic E-state index is 10.7. The standard InChI is InChI=1S/C18H36O2/c1-4-6-7-8-9-10-13-17(19)18(20-5-2)14-11-12-16(3)15-18/h16-17,19H,4-15H2,1-3H3. The van der Waals surface area contributed by atoms with E-state index in [-0.39, 0.29) is 11.7 Å². The van der Waals surface area contributed by atoms with Crippen molar-refractivity contribution in [3.63, 3.8) is 0 Å². The molecule has 3 unspecified atom stereocenters. The first-order valence-electron chi connectivity index (χ1n) is 8.96. The highest BCUT2D eigenvalue weighted by molar-refractivity contribution is 4.93. The molecule has 1 saturated carbocycles. The van der Waals surface area contributed by atoms with Crippen molar-refractivity contribution < 1.29 is 9.84 Å². The summed E-state index contributed by atoms with van der Waals surface area (Å²) < 4.78 is 6.05. The van der Waals surface area contributed by atoms with Crippen molar-refractivity contribution in [1.82, 2.24) is 0 Å². The molecule has 1 N–H and O–H groups in total. The SMILES string of the molecule is CCCCCCCCC(O)C1(OCC)CCCC(C)C1. The quantitative estimate of drug-likeness (QED) is 0.567. The molecule has 2 nitrogen and oxygen atoms in total. The van der Waals surface area contributed by atoms with E-state index in [0.717, 1.165) is 32.3 Å². The lowest BCUT2D eigenvalue weighted by Crippen LogP contribution is -2.48. The maximum Gasteiger partial charge on any atom is 0.0942 e. The van der Waals surface area contributed by atoms with Crippen LogP contribution in [0.3, 0.4) is 0 Å². The van der Waals surface area contributed by atoms with Gasteiger partial charge in [-0.25, -0.2) is 0 Å². The molecule has 3 atom stereocenters. The molecule has 1 fully saturated rings. The number of hydrogen-bond donors (Lipinski definition) is 1. The zero-order valence-electron chi connectivity index (χ0n) is 14.0. The van der Waals surface area contributed by atoms with Gasteiger partial charge >= 0.3 is 0 Å². The Kier molecular flexibility index (Phi) is 8.79. The number of ether oxygens (including phenoxy) is 1. The first-order valence-corrected chi connectivity index (χ1v) is 8.96. The molecule has 0 aromatic carbocycles. The molecule has 0 aromatic rings. The normalized spacial score (nSPS) is 28.5. The van der Waals surface area contributed by atoms with Crippen LogP contribution < -0.4 is 0 Å². The lowest BCUT2D eigenvalue weighted by Gasteiger charge is -2.43. The summed E-state index contributed by atoms with van der Waals surface area (Å²) in [4.78, 5) is 0. The van der Waals surface area contributed by atoms with Crippen molar-refractivity contribution in [1.29, 1.82) is 0 Å². The first kappa shape index (κ1) is 18.0. The predicted octanol–water partition coefficient (Wildman–Crippen LogP) is 5.08. The van der Waals surface area contributed by atoms with Crippen LogP contribution in [0.2, 0.25) is 0 Å². The molecule has 1 aliphatic carbocycles. The minimum atomic E-state index is -0.267. The minimum absolute atomic E-state index is 0.240. The largest absolute Gasteiger partial charge is 0.390 e. The lowest BCUT2D eigenvalue weighted by atomic mass is 9.74. The summed E-state index contributed by atoms with van der Waals surface area (Å²) in [5.74, 6) is 0.689. The fraction of sp³-hybridized carbons (Fsp3) is 1.00. The van der Waals surface area contributed by atoms with Crippen LogP contribution in [0.25, 0.3) is 0 Å². The monoisotopic (exact) mass is 284 g/mol. The van der Waals surface area contributed by atoms with Crippen LogP contribution in [-0.4, -0.2) is 23.4 Å². The minimum Gasteiger partial charge on any atom is -0.390 e. The Hall–Kier alpha value is -0.0800. The average molecular weight is 284 g/mol. The molecule has 2 heteroatoms.